The van der Waals surface area contributed by atoms with E-state index >= 15 is 0 Å². The van der Waals surface area contributed by atoms with Gasteiger partial charge in [-0.15, -0.1) is 0 Å². The van der Waals surface area contributed by atoms with Crippen LogP contribution in [0, 0.1) is 0 Å². The maximum absolute atomic E-state index is 9.80. The van der Waals surface area contributed by atoms with Crippen LogP contribution in [0.25, 0.3) is 0 Å². The molecule has 0 amide bonds. The van der Waals surface area contributed by atoms with Crippen molar-refractivity contribution in [2.24, 2.45) is 5.73 Å². The normalized spacial score (nSPS) is 15.5. The van der Waals surface area contributed by atoms with Crippen LogP contribution in [0.2, 0.25) is 0 Å². The van der Waals surface area contributed by atoms with Gasteiger partial charge in [0.2, 0.25) is 0 Å². The zero-order chi connectivity index (χ0) is 15.7. The summed E-state index contributed by atoms with van der Waals surface area (Å²) in [7, 11) is 1.62. The van der Waals surface area contributed by atoms with Crippen molar-refractivity contribution in [2.45, 2.75) is 38.5 Å². The lowest BCUT2D eigenvalue weighted by Crippen LogP contribution is -2.27. The van der Waals surface area contributed by atoms with E-state index in [-0.39, 0.29) is 25.4 Å². The summed E-state index contributed by atoms with van der Waals surface area (Å²) >= 11 is 0. The van der Waals surface area contributed by atoms with Crippen molar-refractivity contribution in [3.63, 3.8) is 0 Å². The van der Waals surface area contributed by atoms with Gasteiger partial charge in [-0.1, -0.05) is 19.1 Å². The number of methoxy groups -OCH3 is 1. The Labute approximate surface area is 127 Å². The standard InChI is InChI=1S/C16H27NO4/c1-4-16(17)13-5-7-15(8-6-13)21-11-14(18)10-20-12(2)9-19-3/h5-8,12,14,16,18H,4,9-11,17H2,1-3H3/t12?,14?,16-/m0/s1. The minimum absolute atomic E-state index is 0.0422. The van der Waals surface area contributed by atoms with E-state index in [0.717, 1.165) is 12.0 Å². The smallest absolute Gasteiger partial charge is 0.119 e. The van der Waals surface area contributed by atoms with E-state index in [0.29, 0.717) is 12.4 Å². The molecule has 21 heavy (non-hydrogen) atoms. The number of aliphatic hydroxyl groups excluding tert-OH is 1. The van der Waals surface area contributed by atoms with Crippen LogP contribution < -0.4 is 10.5 Å². The van der Waals surface area contributed by atoms with Crippen LogP contribution in [0.3, 0.4) is 0 Å². The monoisotopic (exact) mass is 297 g/mol. The van der Waals surface area contributed by atoms with E-state index in [2.05, 4.69) is 6.92 Å². The topological polar surface area (TPSA) is 73.9 Å². The molecule has 0 saturated carbocycles. The highest BCUT2D eigenvalue weighted by atomic mass is 16.5. The van der Waals surface area contributed by atoms with Gasteiger partial charge in [0.05, 0.1) is 19.3 Å². The Balaban J connectivity index is 2.31. The Bertz CT molecular complexity index is 382. The van der Waals surface area contributed by atoms with E-state index in [1.165, 1.54) is 0 Å². The van der Waals surface area contributed by atoms with Gasteiger partial charge in [-0.3, -0.25) is 0 Å². The molecule has 5 heteroatoms. The summed E-state index contributed by atoms with van der Waals surface area (Å²) in [6.45, 7) is 4.87. The van der Waals surface area contributed by atoms with Crippen LogP contribution in [0.15, 0.2) is 24.3 Å². The van der Waals surface area contributed by atoms with Crippen LogP contribution in [0.1, 0.15) is 31.9 Å². The van der Waals surface area contributed by atoms with Crippen molar-refractivity contribution in [3.8, 4) is 5.75 Å². The average molecular weight is 297 g/mol. The van der Waals surface area contributed by atoms with E-state index in [9.17, 15) is 5.11 Å². The lowest BCUT2D eigenvalue weighted by atomic mass is 10.1. The van der Waals surface area contributed by atoms with Crippen molar-refractivity contribution in [1.82, 2.24) is 0 Å². The van der Waals surface area contributed by atoms with Crippen molar-refractivity contribution in [3.05, 3.63) is 29.8 Å². The summed E-state index contributed by atoms with van der Waals surface area (Å²) in [5, 5.41) is 9.80. The molecule has 1 rings (SSSR count). The Hall–Kier alpha value is -1.14. The largest absolute Gasteiger partial charge is 0.491 e. The second kappa shape index (κ2) is 9.73. The summed E-state index contributed by atoms with van der Waals surface area (Å²) in [5.41, 5.74) is 7.04. The first-order chi connectivity index (χ1) is 10.1. The molecular formula is C16H27NO4. The first-order valence-corrected chi connectivity index (χ1v) is 7.33. The molecule has 0 spiro atoms. The minimum atomic E-state index is -0.665. The number of nitrogens with two attached hydrogens (primary N) is 1. The molecule has 0 saturated heterocycles. The maximum atomic E-state index is 9.80. The molecule has 2 unspecified atom stereocenters. The molecule has 0 aliphatic heterocycles. The number of hydrogen-bond donors (Lipinski definition) is 2. The van der Waals surface area contributed by atoms with Crippen molar-refractivity contribution >= 4 is 0 Å². The number of rotatable bonds is 10. The lowest BCUT2D eigenvalue weighted by molar-refractivity contribution is -0.0423. The Morgan fingerprint density at radius 1 is 1.14 bits per heavy atom. The van der Waals surface area contributed by atoms with Crippen molar-refractivity contribution in [1.29, 1.82) is 0 Å². The molecule has 5 nitrogen and oxygen atoms in total. The molecule has 0 fully saturated rings. The summed E-state index contributed by atoms with van der Waals surface area (Å²) in [5.74, 6) is 0.714. The second-order valence-electron chi connectivity index (χ2n) is 5.15. The fraction of sp³-hybridized carbons (Fsp3) is 0.625. The van der Waals surface area contributed by atoms with Gasteiger partial charge in [-0.2, -0.15) is 0 Å². The maximum Gasteiger partial charge on any atom is 0.119 e. The van der Waals surface area contributed by atoms with Crippen molar-refractivity contribution in [2.75, 3.05) is 26.9 Å². The Morgan fingerprint density at radius 3 is 2.38 bits per heavy atom. The first-order valence-electron chi connectivity index (χ1n) is 7.33. The third-order valence-electron chi connectivity index (χ3n) is 3.16. The molecule has 0 aromatic heterocycles. The predicted octanol–water partition coefficient (Wildman–Crippen LogP) is 1.89. The van der Waals surface area contributed by atoms with Gasteiger partial charge < -0.3 is 25.1 Å². The quantitative estimate of drug-likeness (QED) is 0.690. The van der Waals surface area contributed by atoms with Crippen LogP contribution >= 0.6 is 0 Å². The summed E-state index contributed by atoms with van der Waals surface area (Å²) < 4.78 is 15.9. The molecule has 0 heterocycles. The van der Waals surface area contributed by atoms with Crippen LogP contribution in [-0.4, -0.2) is 44.2 Å². The Morgan fingerprint density at radius 2 is 1.81 bits per heavy atom. The van der Waals surface area contributed by atoms with Gasteiger partial charge >= 0.3 is 0 Å². The average Bonchev–Trinajstić information content (AvgIpc) is 2.51. The van der Waals surface area contributed by atoms with Crippen molar-refractivity contribution < 1.29 is 19.3 Å². The lowest BCUT2D eigenvalue weighted by Gasteiger charge is -2.16. The van der Waals surface area contributed by atoms with Crippen LogP contribution in [-0.2, 0) is 9.47 Å². The molecule has 1 aromatic carbocycles. The molecule has 3 atom stereocenters. The highest BCUT2D eigenvalue weighted by molar-refractivity contribution is 5.28. The second-order valence-corrected chi connectivity index (χ2v) is 5.15. The number of ether oxygens (including phenoxy) is 3. The molecule has 0 bridgehead atoms. The highest BCUT2D eigenvalue weighted by Crippen LogP contribution is 2.18. The fourth-order valence-electron chi connectivity index (χ4n) is 1.85. The minimum Gasteiger partial charge on any atom is -0.491 e. The van der Waals surface area contributed by atoms with Gasteiger partial charge in [-0.25, -0.2) is 0 Å². The molecule has 1 aromatic rings. The molecule has 0 aliphatic carbocycles. The van der Waals surface area contributed by atoms with Gasteiger partial charge in [0, 0.05) is 13.2 Å². The van der Waals surface area contributed by atoms with E-state index in [4.69, 9.17) is 19.9 Å². The van der Waals surface area contributed by atoms with Gasteiger partial charge in [0.1, 0.15) is 18.5 Å². The molecule has 120 valence electrons. The molecule has 0 aliphatic rings. The summed E-state index contributed by atoms with van der Waals surface area (Å²) in [6.07, 6.45) is 0.192. The SMILES string of the molecule is CC[C@H](N)c1ccc(OCC(O)COC(C)COC)cc1. The molecule has 3 N–H and O–H groups in total. The number of aliphatic hydroxyl groups is 1. The predicted molar refractivity (Wildman–Crippen MR) is 82.5 cm³/mol. The van der Waals surface area contributed by atoms with E-state index in [1.54, 1.807) is 7.11 Å². The highest BCUT2D eigenvalue weighted by Gasteiger charge is 2.09. The summed E-state index contributed by atoms with van der Waals surface area (Å²) in [4.78, 5) is 0. The van der Waals surface area contributed by atoms with Crippen LogP contribution in [0.5, 0.6) is 5.75 Å². The van der Waals surface area contributed by atoms with Gasteiger partial charge in [0.15, 0.2) is 0 Å². The number of benzene rings is 1. The molecular weight excluding hydrogens is 270 g/mol. The summed E-state index contributed by atoms with van der Waals surface area (Å²) in [6, 6.07) is 7.69. The van der Waals surface area contributed by atoms with Gasteiger partial charge in [-0.05, 0) is 31.0 Å². The zero-order valence-electron chi connectivity index (χ0n) is 13.1. The third kappa shape index (κ3) is 6.91. The van der Waals surface area contributed by atoms with Gasteiger partial charge in [0.25, 0.3) is 0 Å². The fourth-order valence-corrected chi connectivity index (χ4v) is 1.85. The Kier molecular flexibility index (Phi) is 8.30. The first kappa shape index (κ1) is 17.9. The molecule has 0 radical (unpaired) electrons. The third-order valence-corrected chi connectivity index (χ3v) is 3.16. The zero-order valence-corrected chi connectivity index (χ0v) is 13.1. The van der Waals surface area contributed by atoms with Crippen LogP contribution in [0.4, 0.5) is 0 Å². The number of hydrogen-bond acceptors (Lipinski definition) is 5. The van der Waals surface area contributed by atoms with E-state index in [1.807, 2.05) is 31.2 Å². The van der Waals surface area contributed by atoms with E-state index < -0.39 is 6.10 Å².